The number of anilines is 1. The highest BCUT2D eigenvalue weighted by Crippen LogP contribution is 2.17. The number of nitrogens with zero attached hydrogens (tertiary/aromatic N) is 2. The second-order valence-corrected chi connectivity index (χ2v) is 5.59. The Morgan fingerprint density at radius 3 is 2.61 bits per heavy atom. The molecule has 1 heterocycles. The minimum atomic E-state index is -0.709. The zero-order valence-corrected chi connectivity index (χ0v) is 12.1. The van der Waals surface area contributed by atoms with Crippen LogP contribution in [-0.2, 0) is 6.42 Å². The summed E-state index contributed by atoms with van der Waals surface area (Å²) in [7, 11) is 0. The molecule has 0 aromatic carbocycles. The van der Waals surface area contributed by atoms with E-state index in [2.05, 4.69) is 36.1 Å². The van der Waals surface area contributed by atoms with Gasteiger partial charge in [0.05, 0.1) is 5.60 Å². The van der Waals surface area contributed by atoms with Crippen LogP contribution in [0.25, 0.3) is 0 Å². The molecule has 0 spiro atoms. The number of rotatable bonds is 6. The van der Waals surface area contributed by atoms with Crippen molar-refractivity contribution in [1.29, 1.82) is 0 Å². The molecular weight excluding hydrogens is 226 g/mol. The first-order chi connectivity index (χ1) is 8.32. The number of aromatic nitrogens is 2. The predicted molar refractivity (Wildman–Crippen MR) is 74.7 cm³/mol. The summed E-state index contributed by atoms with van der Waals surface area (Å²) in [5.41, 5.74) is 0.313. The molecule has 4 nitrogen and oxygen atoms in total. The molecule has 0 aliphatic heterocycles. The van der Waals surface area contributed by atoms with Gasteiger partial charge in [-0.2, -0.15) is 0 Å². The molecule has 0 fully saturated rings. The van der Waals surface area contributed by atoms with Gasteiger partial charge in [0.2, 0.25) is 0 Å². The van der Waals surface area contributed by atoms with Crippen molar-refractivity contribution in [2.24, 2.45) is 5.92 Å². The van der Waals surface area contributed by atoms with Crippen LogP contribution in [0.15, 0.2) is 6.07 Å². The molecule has 0 aliphatic rings. The maximum absolute atomic E-state index is 10.2. The van der Waals surface area contributed by atoms with Gasteiger partial charge >= 0.3 is 0 Å². The Hall–Kier alpha value is -1.16. The van der Waals surface area contributed by atoms with Crippen molar-refractivity contribution in [2.45, 2.75) is 53.1 Å². The van der Waals surface area contributed by atoms with Gasteiger partial charge in [-0.25, -0.2) is 9.97 Å². The van der Waals surface area contributed by atoms with E-state index in [9.17, 15) is 5.11 Å². The molecule has 0 aliphatic carbocycles. The quantitative estimate of drug-likeness (QED) is 0.816. The second kappa shape index (κ2) is 6.14. The van der Waals surface area contributed by atoms with Crippen molar-refractivity contribution in [2.75, 3.05) is 11.9 Å². The second-order valence-electron chi connectivity index (χ2n) is 5.59. The number of aryl methyl sites for hydroxylation is 2. The van der Waals surface area contributed by atoms with E-state index in [0.717, 1.165) is 30.2 Å². The Labute approximate surface area is 110 Å². The van der Waals surface area contributed by atoms with E-state index in [1.54, 1.807) is 0 Å². The Morgan fingerprint density at radius 1 is 1.39 bits per heavy atom. The third kappa shape index (κ3) is 5.00. The van der Waals surface area contributed by atoms with Gasteiger partial charge < -0.3 is 10.4 Å². The standard InChI is InChI=1S/C14H25N3O/c1-6-12-7-13(17-11(4)16-12)15-9-14(5,18)8-10(2)3/h7,10,18H,6,8-9H2,1-5H3,(H,15,16,17). The topological polar surface area (TPSA) is 58.0 Å². The summed E-state index contributed by atoms with van der Waals surface area (Å²) in [4.78, 5) is 8.66. The third-order valence-electron chi connectivity index (χ3n) is 2.75. The van der Waals surface area contributed by atoms with Gasteiger partial charge in [-0.15, -0.1) is 0 Å². The van der Waals surface area contributed by atoms with Crippen LogP contribution < -0.4 is 5.32 Å². The summed E-state index contributed by atoms with van der Waals surface area (Å²) in [6, 6.07) is 1.94. The molecule has 0 saturated carbocycles. The molecule has 1 rings (SSSR count). The van der Waals surface area contributed by atoms with E-state index in [1.807, 2.05) is 19.9 Å². The maximum atomic E-state index is 10.2. The lowest BCUT2D eigenvalue weighted by Gasteiger charge is -2.26. The first-order valence-electron chi connectivity index (χ1n) is 6.63. The third-order valence-corrected chi connectivity index (χ3v) is 2.75. The Kier molecular flexibility index (Phi) is 5.08. The van der Waals surface area contributed by atoms with Gasteiger partial charge in [-0.05, 0) is 32.6 Å². The van der Waals surface area contributed by atoms with Gasteiger partial charge in [0.1, 0.15) is 11.6 Å². The molecule has 0 bridgehead atoms. The largest absolute Gasteiger partial charge is 0.388 e. The molecule has 1 atom stereocenters. The summed E-state index contributed by atoms with van der Waals surface area (Å²) >= 11 is 0. The predicted octanol–water partition coefficient (Wildman–Crippen LogP) is 2.56. The summed E-state index contributed by atoms with van der Waals surface area (Å²) in [5.74, 6) is 2.03. The van der Waals surface area contributed by atoms with Crippen LogP contribution in [0.4, 0.5) is 5.82 Å². The Morgan fingerprint density at radius 2 is 2.06 bits per heavy atom. The first-order valence-corrected chi connectivity index (χ1v) is 6.63. The van der Waals surface area contributed by atoms with E-state index < -0.39 is 5.60 Å². The van der Waals surface area contributed by atoms with Crippen molar-refractivity contribution in [3.05, 3.63) is 17.6 Å². The molecular formula is C14H25N3O. The van der Waals surface area contributed by atoms with Crippen molar-refractivity contribution in [3.63, 3.8) is 0 Å². The lowest BCUT2D eigenvalue weighted by atomic mass is 9.94. The van der Waals surface area contributed by atoms with Crippen LogP contribution in [0.3, 0.4) is 0 Å². The Bertz CT molecular complexity index is 389. The minimum Gasteiger partial charge on any atom is -0.388 e. The summed E-state index contributed by atoms with van der Waals surface area (Å²) in [5, 5.41) is 13.4. The highest BCUT2D eigenvalue weighted by Gasteiger charge is 2.21. The molecule has 0 amide bonds. The number of aliphatic hydroxyl groups is 1. The fourth-order valence-corrected chi connectivity index (χ4v) is 2.13. The monoisotopic (exact) mass is 251 g/mol. The van der Waals surface area contributed by atoms with Crippen LogP contribution in [0.2, 0.25) is 0 Å². The maximum Gasteiger partial charge on any atom is 0.130 e. The molecule has 0 saturated heterocycles. The van der Waals surface area contributed by atoms with E-state index in [1.165, 1.54) is 0 Å². The lowest BCUT2D eigenvalue weighted by Crippen LogP contribution is -2.35. The molecule has 1 aromatic heterocycles. The summed E-state index contributed by atoms with van der Waals surface area (Å²) in [6.07, 6.45) is 1.66. The number of hydrogen-bond donors (Lipinski definition) is 2. The van der Waals surface area contributed by atoms with Crippen molar-refractivity contribution >= 4 is 5.82 Å². The highest BCUT2D eigenvalue weighted by molar-refractivity contribution is 5.36. The van der Waals surface area contributed by atoms with Gasteiger partial charge in [0.25, 0.3) is 0 Å². The average Bonchev–Trinajstić information content (AvgIpc) is 2.24. The smallest absolute Gasteiger partial charge is 0.130 e. The molecule has 2 N–H and O–H groups in total. The highest BCUT2D eigenvalue weighted by atomic mass is 16.3. The molecule has 0 radical (unpaired) electrons. The van der Waals surface area contributed by atoms with Crippen LogP contribution in [0.5, 0.6) is 0 Å². The van der Waals surface area contributed by atoms with E-state index >= 15 is 0 Å². The SMILES string of the molecule is CCc1cc(NCC(C)(O)CC(C)C)nc(C)n1. The average molecular weight is 251 g/mol. The number of nitrogens with one attached hydrogen (secondary N) is 1. The Balaban J connectivity index is 2.65. The molecule has 1 unspecified atom stereocenters. The molecule has 1 aromatic rings. The van der Waals surface area contributed by atoms with Crippen molar-refractivity contribution < 1.29 is 5.11 Å². The van der Waals surface area contributed by atoms with Crippen molar-refractivity contribution in [1.82, 2.24) is 9.97 Å². The van der Waals surface area contributed by atoms with Crippen LogP contribution in [-0.4, -0.2) is 27.2 Å². The van der Waals surface area contributed by atoms with Gasteiger partial charge in [0, 0.05) is 18.3 Å². The summed E-state index contributed by atoms with van der Waals surface area (Å²) in [6.45, 7) is 10.5. The zero-order chi connectivity index (χ0) is 13.8. The van der Waals surface area contributed by atoms with Gasteiger partial charge in [-0.1, -0.05) is 20.8 Å². The van der Waals surface area contributed by atoms with E-state index in [4.69, 9.17) is 0 Å². The van der Waals surface area contributed by atoms with Crippen LogP contribution in [0.1, 0.15) is 45.6 Å². The molecule has 4 heteroatoms. The van der Waals surface area contributed by atoms with Crippen LogP contribution in [0, 0.1) is 12.8 Å². The van der Waals surface area contributed by atoms with E-state index in [-0.39, 0.29) is 0 Å². The van der Waals surface area contributed by atoms with Crippen molar-refractivity contribution in [3.8, 4) is 0 Å². The molecule has 18 heavy (non-hydrogen) atoms. The fourth-order valence-electron chi connectivity index (χ4n) is 2.13. The lowest BCUT2D eigenvalue weighted by molar-refractivity contribution is 0.0514. The normalized spacial score (nSPS) is 14.6. The zero-order valence-electron chi connectivity index (χ0n) is 12.1. The van der Waals surface area contributed by atoms with E-state index in [0.29, 0.717) is 12.5 Å². The van der Waals surface area contributed by atoms with Crippen LogP contribution >= 0.6 is 0 Å². The minimum absolute atomic E-state index is 0.472. The fraction of sp³-hybridized carbons (Fsp3) is 0.714. The molecule has 102 valence electrons. The number of hydrogen-bond acceptors (Lipinski definition) is 4. The van der Waals surface area contributed by atoms with Gasteiger partial charge in [0.15, 0.2) is 0 Å². The first kappa shape index (κ1) is 14.9. The van der Waals surface area contributed by atoms with Gasteiger partial charge in [-0.3, -0.25) is 0 Å². The summed E-state index contributed by atoms with van der Waals surface area (Å²) < 4.78 is 0.